The molecule has 0 unspecified atom stereocenters. The van der Waals surface area contributed by atoms with Crippen LogP contribution in [0.2, 0.25) is 0 Å². The number of nitrogens with one attached hydrogen (secondary N) is 4. The number of aromatic amines is 1. The molecule has 0 spiro atoms. The van der Waals surface area contributed by atoms with E-state index in [1.807, 2.05) is 12.1 Å². The lowest BCUT2D eigenvalue weighted by Crippen LogP contribution is -2.43. The number of hydrogen-bond acceptors (Lipinski definition) is 10. The lowest BCUT2D eigenvalue weighted by molar-refractivity contribution is -0.131. The summed E-state index contributed by atoms with van der Waals surface area (Å²) < 4.78 is 0. The van der Waals surface area contributed by atoms with Crippen molar-refractivity contribution >= 4 is 40.4 Å². The van der Waals surface area contributed by atoms with E-state index in [-0.39, 0.29) is 36.3 Å². The minimum absolute atomic E-state index is 0.0662. The number of nitrogens with zero attached hydrogens (tertiary/aromatic N) is 5. The molecule has 0 radical (unpaired) electrons. The van der Waals surface area contributed by atoms with Gasteiger partial charge in [-0.3, -0.25) is 14.4 Å². The van der Waals surface area contributed by atoms with Crippen molar-refractivity contribution in [1.29, 1.82) is 5.26 Å². The summed E-state index contributed by atoms with van der Waals surface area (Å²) in [5, 5.41) is 33.6. The van der Waals surface area contributed by atoms with Crippen LogP contribution >= 0.6 is 22.7 Å². The molecule has 3 aliphatic rings. The van der Waals surface area contributed by atoms with E-state index >= 15 is 0 Å². The van der Waals surface area contributed by atoms with E-state index in [1.54, 1.807) is 19.0 Å². The molecule has 40 heavy (non-hydrogen) atoms. The van der Waals surface area contributed by atoms with Crippen LogP contribution in [-0.4, -0.2) is 82.5 Å². The van der Waals surface area contributed by atoms with Gasteiger partial charge in [0.05, 0.1) is 22.4 Å². The Labute approximate surface area is 238 Å². The quantitative estimate of drug-likeness (QED) is 0.286. The topological polar surface area (TPSA) is 169 Å². The molecule has 3 aromatic heterocycles. The summed E-state index contributed by atoms with van der Waals surface area (Å²) in [6.07, 6.45) is 3.59. The molecule has 3 amide bonds. The van der Waals surface area contributed by atoms with Gasteiger partial charge in [0.15, 0.2) is 5.82 Å². The van der Waals surface area contributed by atoms with E-state index in [9.17, 15) is 19.6 Å². The Morgan fingerprint density at radius 1 is 1.10 bits per heavy atom. The third-order valence-electron chi connectivity index (χ3n) is 8.18. The Kier molecular flexibility index (Phi) is 6.89. The molecule has 2 fully saturated rings. The maximum Gasteiger partial charge on any atom is 0.261 e. The number of carbonyl (C=O) groups excluding carboxylic acids is 3. The zero-order valence-corrected chi connectivity index (χ0v) is 23.7. The first-order chi connectivity index (χ1) is 19.4. The van der Waals surface area contributed by atoms with Gasteiger partial charge in [0.25, 0.3) is 11.8 Å². The Morgan fingerprint density at radius 2 is 1.75 bits per heavy atom. The van der Waals surface area contributed by atoms with Gasteiger partial charge in [-0.15, -0.1) is 32.9 Å². The molecule has 1 saturated heterocycles. The van der Waals surface area contributed by atoms with Crippen molar-refractivity contribution in [2.24, 2.45) is 5.92 Å². The number of tetrazole rings is 1. The van der Waals surface area contributed by atoms with E-state index in [0.717, 1.165) is 33.7 Å². The number of aryl methyl sites for hydroxylation is 2. The van der Waals surface area contributed by atoms with Crippen LogP contribution in [0.4, 0.5) is 0 Å². The second-order valence-electron chi connectivity index (χ2n) is 10.4. The summed E-state index contributed by atoms with van der Waals surface area (Å²) in [4.78, 5) is 43.2. The minimum Gasteiger partial charge on any atom is -0.354 e. The number of carbonyl (C=O) groups is 3. The van der Waals surface area contributed by atoms with E-state index in [4.69, 9.17) is 0 Å². The van der Waals surface area contributed by atoms with E-state index in [2.05, 4.69) is 42.6 Å². The average Bonchev–Trinajstić information content (AvgIpc) is 3.46. The Hall–Kier alpha value is -3.67. The number of H-pyrrole nitrogens is 1. The van der Waals surface area contributed by atoms with Crippen LogP contribution in [0, 0.1) is 17.2 Å². The van der Waals surface area contributed by atoms with Gasteiger partial charge in [-0.05, 0) is 67.8 Å². The number of hydrogen-bond donors (Lipinski definition) is 4. The second kappa shape index (κ2) is 10.4. The van der Waals surface area contributed by atoms with Crippen molar-refractivity contribution in [2.45, 2.75) is 49.6 Å². The predicted molar refractivity (Wildman–Crippen MR) is 147 cm³/mol. The zero-order valence-electron chi connectivity index (χ0n) is 22.1. The Morgan fingerprint density at radius 3 is 2.30 bits per heavy atom. The summed E-state index contributed by atoms with van der Waals surface area (Å²) in [7, 11) is 3.21. The number of amides is 3. The summed E-state index contributed by atoms with van der Waals surface area (Å²) in [6.45, 7) is 0.546. The predicted octanol–water partition coefficient (Wildman–Crippen LogP) is 0.968. The fourth-order valence-corrected chi connectivity index (χ4v) is 8.99. The van der Waals surface area contributed by atoms with Crippen molar-refractivity contribution in [3.63, 3.8) is 0 Å². The first kappa shape index (κ1) is 26.5. The number of rotatable bonds is 8. The normalized spacial score (nSPS) is 21.9. The molecular formula is C26H29N9O3S2. The van der Waals surface area contributed by atoms with E-state index in [1.165, 1.54) is 22.7 Å². The van der Waals surface area contributed by atoms with Gasteiger partial charge in [-0.2, -0.15) is 10.5 Å². The van der Waals surface area contributed by atoms with Crippen LogP contribution in [0.25, 0.3) is 0 Å². The molecule has 1 saturated carbocycles. The molecule has 4 heterocycles. The third-order valence-corrected chi connectivity index (χ3v) is 10.9. The lowest BCUT2D eigenvalue weighted by atomic mass is 9.78. The van der Waals surface area contributed by atoms with Crippen molar-refractivity contribution in [3.8, 4) is 6.07 Å². The molecule has 4 N–H and O–H groups in total. The molecule has 12 nitrogen and oxygen atoms in total. The summed E-state index contributed by atoms with van der Waals surface area (Å²) in [5.41, 5.74) is 1.17. The maximum atomic E-state index is 13.1. The number of nitriles is 1. The molecule has 0 aromatic carbocycles. The van der Waals surface area contributed by atoms with Crippen LogP contribution in [0.1, 0.15) is 65.3 Å². The SMILES string of the molecule is CNC(=O)c1cc2c(s1)C(CCNCC(=O)N1[C@H](C#N)C[C@@H]3C[C@@H]31)(c1nn[nH]n1)c1sc(C(=O)NC)cc1CC2. The van der Waals surface area contributed by atoms with Gasteiger partial charge in [0.2, 0.25) is 5.91 Å². The van der Waals surface area contributed by atoms with Crippen molar-refractivity contribution in [2.75, 3.05) is 27.2 Å². The Bertz CT molecular complexity index is 1440. The van der Waals surface area contributed by atoms with Crippen LogP contribution in [0.5, 0.6) is 0 Å². The first-order valence-corrected chi connectivity index (χ1v) is 14.9. The number of piperidine rings is 1. The van der Waals surface area contributed by atoms with Gasteiger partial charge >= 0.3 is 0 Å². The minimum atomic E-state index is -0.886. The highest BCUT2D eigenvalue weighted by atomic mass is 32.1. The van der Waals surface area contributed by atoms with Gasteiger partial charge in [-0.25, -0.2) is 0 Å². The highest BCUT2D eigenvalue weighted by molar-refractivity contribution is 7.16. The lowest BCUT2D eigenvalue weighted by Gasteiger charge is -2.30. The van der Waals surface area contributed by atoms with Gasteiger partial charge < -0.3 is 20.9 Å². The average molecular weight is 580 g/mol. The number of likely N-dealkylation sites (tertiary alicyclic amines) is 1. The summed E-state index contributed by atoms with van der Waals surface area (Å²) >= 11 is 2.80. The standard InChI is InChI=1S/C26H29N9O3S2/c1-28-23(37)18-9-13-3-4-14-10-19(24(38)29-2)40-22(14)26(21(13)39-18,25-31-33-34-32-25)5-6-30-12-20(36)35-16(11-27)7-15-8-17(15)35/h9-10,15-17,30H,3-8,12H2,1-2H3,(H,28,37)(H,29,38)(H,31,32,33,34)/t15-,16+,17+/m1/s1. The molecule has 3 aromatic rings. The molecular weight excluding hydrogens is 550 g/mol. The van der Waals surface area contributed by atoms with Crippen LogP contribution in [0.3, 0.4) is 0 Å². The highest BCUT2D eigenvalue weighted by Crippen LogP contribution is 2.51. The Balaban J connectivity index is 1.36. The van der Waals surface area contributed by atoms with Crippen molar-refractivity contribution < 1.29 is 14.4 Å². The molecule has 1 aliphatic heterocycles. The number of thiophene rings is 2. The molecule has 3 atom stereocenters. The maximum absolute atomic E-state index is 13.1. The first-order valence-electron chi connectivity index (χ1n) is 13.3. The largest absolute Gasteiger partial charge is 0.354 e. The monoisotopic (exact) mass is 579 g/mol. The zero-order chi connectivity index (χ0) is 28.0. The molecule has 14 heteroatoms. The summed E-state index contributed by atoms with van der Waals surface area (Å²) in [5.74, 6) is 0.503. The van der Waals surface area contributed by atoms with Crippen molar-refractivity contribution in [1.82, 2.24) is 41.5 Å². The number of fused-ring (bicyclic) bond motifs is 3. The number of aromatic nitrogens is 4. The van der Waals surface area contributed by atoms with E-state index < -0.39 is 5.41 Å². The molecule has 0 bridgehead atoms. The molecule has 6 rings (SSSR count). The fourth-order valence-electron chi connectivity index (χ4n) is 6.17. The van der Waals surface area contributed by atoms with Crippen LogP contribution in [0.15, 0.2) is 12.1 Å². The highest BCUT2D eigenvalue weighted by Gasteiger charge is 2.54. The van der Waals surface area contributed by atoms with Gasteiger partial charge in [0, 0.05) is 29.9 Å². The van der Waals surface area contributed by atoms with Crippen molar-refractivity contribution in [3.05, 3.63) is 48.6 Å². The molecule has 208 valence electrons. The smallest absolute Gasteiger partial charge is 0.261 e. The van der Waals surface area contributed by atoms with Crippen LogP contribution < -0.4 is 16.0 Å². The van der Waals surface area contributed by atoms with Gasteiger partial charge in [0.1, 0.15) is 11.5 Å². The third kappa shape index (κ3) is 4.29. The second-order valence-corrected chi connectivity index (χ2v) is 12.5. The summed E-state index contributed by atoms with van der Waals surface area (Å²) in [6, 6.07) is 5.98. The molecule has 2 aliphatic carbocycles. The van der Waals surface area contributed by atoms with Crippen LogP contribution in [-0.2, 0) is 23.1 Å². The fraction of sp³-hybridized carbons (Fsp3) is 0.500. The van der Waals surface area contributed by atoms with E-state index in [0.29, 0.717) is 47.3 Å². The van der Waals surface area contributed by atoms with Gasteiger partial charge in [-0.1, -0.05) is 5.21 Å².